The van der Waals surface area contributed by atoms with Gasteiger partial charge in [0.25, 0.3) is 0 Å². The van der Waals surface area contributed by atoms with Crippen LogP contribution < -0.4 is 4.90 Å². The van der Waals surface area contributed by atoms with Crippen molar-refractivity contribution in [3.8, 4) is 0 Å². The van der Waals surface area contributed by atoms with Crippen LogP contribution >= 0.6 is 0 Å². The van der Waals surface area contributed by atoms with E-state index in [4.69, 9.17) is 4.52 Å². The summed E-state index contributed by atoms with van der Waals surface area (Å²) in [6, 6.07) is 1.97. The van der Waals surface area contributed by atoms with E-state index in [0.29, 0.717) is 11.8 Å². The highest BCUT2D eigenvalue weighted by molar-refractivity contribution is 5.37. The Morgan fingerprint density at radius 1 is 1.17 bits per heavy atom. The summed E-state index contributed by atoms with van der Waals surface area (Å²) in [5.74, 6) is 3.89. The van der Waals surface area contributed by atoms with Crippen molar-refractivity contribution in [3.63, 3.8) is 0 Å². The molecule has 0 unspecified atom stereocenters. The molecule has 3 heterocycles. The Bertz CT molecular complexity index is 633. The van der Waals surface area contributed by atoms with Crippen molar-refractivity contribution in [2.24, 2.45) is 5.92 Å². The van der Waals surface area contributed by atoms with Crippen molar-refractivity contribution in [1.82, 2.24) is 25.0 Å². The molecule has 0 spiro atoms. The van der Waals surface area contributed by atoms with Crippen molar-refractivity contribution in [1.29, 1.82) is 0 Å². The summed E-state index contributed by atoms with van der Waals surface area (Å²) in [7, 11) is 0. The van der Waals surface area contributed by atoms with Crippen LogP contribution in [0.1, 0.15) is 31.4 Å². The number of hydrogen-bond acceptors (Lipinski definition) is 7. The van der Waals surface area contributed by atoms with Gasteiger partial charge in [-0.05, 0) is 18.9 Å². The molecule has 7 nitrogen and oxygen atoms in total. The normalized spacial score (nSPS) is 16.3. The van der Waals surface area contributed by atoms with Gasteiger partial charge in [-0.25, -0.2) is 9.97 Å². The van der Waals surface area contributed by atoms with Crippen LogP contribution in [-0.4, -0.2) is 51.2 Å². The highest BCUT2D eigenvalue weighted by Gasteiger charge is 2.20. The van der Waals surface area contributed by atoms with Gasteiger partial charge >= 0.3 is 0 Å². The van der Waals surface area contributed by atoms with Crippen LogP contribution in [0, 0.1) is 12.8 Å². The molecule has 0 aromatic carbocycles. The maximum Gasteiger partial charge on any atom is 0.240 e. The summed E-state index contributed by atoms with van der Waals surface area (Å²) in [5, 5.41) is 4.05. The molecule has 0 saturated carbocycles. The van der Waals surface area contributed by atoms with E-state index in [9.17, 15) is 0 Å². The molecule has 0 N–H and O–H groups in total. The lowest BCUT2D eigenvalue weighted by atomic mass is 10.1. The Labute approximate surface area is 136 Å². The second-order valence-electron chi connectivity index (χ2n) is 6.43. The molecular weight excluding hydrogens is 292 g/mol. The first-order chi connectivity index (χ1) is 11.1. The quantitative estimate of drug-likeness (QED) is 0.831. The third-order valence-corrected chi connectivity index (χ3v) is 3.92. The monoisotopic (exact) mass is 316 g/mol. The molecule has 1 aliphatic heterocycles. The van der Waals surface area contributed by atoms with E-state index in [-0.39, 0.29) is 0 Å². The maximum atomic E-state index is 5.36. The van der Waals surface area contributed by atoms with E-state index in [1.807, 2.05) is 19.2 Å². The summed E-state index contributed by atoms with van der Waals surface area (Å²) in [5.41, 5.74) is 0. The fourth-order valence-electron chi connectivity index (χ4n) is 2.75. The van der Waals surface area contributed by atoms with Crippen LogP contribution in [-0.2, 0) is 13.0 Å². The molecule has 1 fully saturated rings. The van der Waals surface area contributed by atoms with Crippen molar-refractivity contribution >= 4 is 5.82 Å². The SMILES string of the molecule is Cc1nccc(N2CCN(Cc3nc(CC(C)C)no3)CC2)n1. The number of anilines is 1. The molecule has 0 radical (unpaired) electrons. The number of nitrogens with zero attached hydrogens (tertiary/aromatic N) is 6. The topological polar surface area (TPSA) is 71.2 Å². The first-order valence-electron chi connectivity index (χ1n) is 8.18. The predicted octanol–water partition coefficient (Wildman–Crippen LogP) is 1.69. The third-order valence-electron chi connectivity index (χ3n) is 3.92. The fraction of sp³-hybridized carbons (Fsp3) is 0.625. The first-order valence-corrected chi connectivity index (χ1v) is 8.18. The summed E-state index contributed by atoms with van der Waals surface area (Å²) >= 11 is 0. The van der Waals surface area contributed by atoms with Gasteiger partial charge in [-0.15, -0.1) is 0 Å². The van der Waals surface area contributed by atoms with Crippen LogP contribution in [0.5, 0.6) is 0 Å². The number of aryl methyl sites for hydroxylation is 1. The van der Waals surface area contributed by atoms with Crippen molar-refractivity contribution in [3.05, 3.63) is 29.8 Å². The minimum Gasteiger partial charge on any atom is -0.354 e. The van der Waals surface area contributed by atoms with Crippen LogP contribution in [0.25, 0.3) is 0 Å². The molecule has 1 saturated heterocycles. The van der Waals surface area contributed by atoms with Crippen molar-refractivity contribution in [2.45, 2.75) is 33.7 Å². The Balaban J connectivity index is 1.52. The number of piperazine rings is 1. The lowest BCUT2D eigenvalue weighted by Crippen LogP contribution is -2.46. The molecule has 2 aromatic heterocycles. The van der Waals surface area contributed by atoms with E-state index in [1.54, 1.807) is 0 Å². The predicted molar refractivity (Wildman–Crippen MR) is 87.1 cm³/mol. The summed E-state index contributed by atoms with van der Waals surface area (Å²) < 4.78 is 5.36. The molecule has 1 aliphatic rings. The molecule has 2 aromatic rings. The van der Waals surface area contributed by atoms with Crippen LogP contribution in [0.15, 0.2) is 16.8 Å². The zero-order valence-corrected chi connectivity index (χ0v) is 14.1. The van der Waals surface area contributed by atoms with E-state index < -0.39 is 0 Å². The van der Waals surface area contributed by atoms with E-state index in [1.165, 1.54) is 0 Å². The highest BCUT2D eigenvalue weighted by atomic mass is 16.5. The van der Waals surface area contributed by atoms with Gasteiger partial charge in [0.2, 0.25) is 5.89 Å². The molecule has 0 bridgehead atoms. The molecule has 124 valence electrons. The summed E-state index contributed by atoms with van der Waals surface area (Å²) in [4.78, 5) is 17.8. The van der Waals surface area contributed by atoms with Gasteiger partial charge in [0.15, 0.2) is 5.82 Å². The average molecular weight is 316 g/mol. The Morgan fingerprint density at radius 3 is 2.65 bits per heavy atom. The lowest BCUT2D eigenvalue weighted by Gasteiger charge is -2.34. The molecular formula is C16H24N6O. The van der Waals surface area contributed by atoms with Gasteiger partial charge in [0.05, 0.1) is 6.54 Å². The zero-order valence-electron chi connectivity index (χ0n) is 14.1. The van der Waals surface area contributed by atoms with E-state index in [0.717, 1.165) is 56.6 Å². The number of aromatic nitrogens is 4. The average Bonchev–Trinajstić information content (AvgIpc) is 2.94. The minimum atomic E-state index is 0.542. The van der Waals surface area contributed by atoms with Gasteiger partial charge in [0, 0.05) is 38.8 Å². The molecule has 0 aliphatic carbocycles. The van der Waals surface area contributed by atoms with E-state index >= 15 is 0 Å². The standard InChI is InChI=1S/C16H24N6O/c1-12(2)10-14-19-16(23-20-14)11-21-6-8-22(9-7-21)15-4-5-17-13(3)18-15/h4-5,12H,6-11H2,1-3H3. The smallest absolute Gasteiger partial charge is 0.240 e. The fourth-order valence-corrected chi connectivity index (χ4v) is 2.75. The molecule has 0 amide bonds. The summed E-state index contributed by atoms with van der Waals surface area (Å²) in [6.45, 7) is 10.8. The Kier molecular flexibility index (Phi) is 4.85. The maximum absolute atomic E-state index is 5.36. The van der Waals surface area contributed by atoms with Crippen LogP contribution in [0.3, 0.4) is 0 Å². The van der Waals surface area contributed by atoms with Crippen molar-refractivity contribution in [2.75, 3.05) is 31.1 Å². The molecule has 7 heteroatoms. The minimum absolute atomic E-state index is 0.542. The van der Waals surface area contributed by atoms with Gasteiger partial charge in [0.1, 0.15) is 11.6 Å². The largest absolute Gasteiger partial charge is 0.354 e. The van der Waals surface area contributed by atoms with Crippen LogP contribution in [0.4, 0.5) is 5.82 Å². The zero-order chi connectivity index (χ0) is 16.2. The van der Waals surface area contributed by atoms with Crippen LogP contribution in [0.2, 0.25) is 0 Å². The number of rotatable bonds is 5. The van der Waals surface area contributed by atoms with Gasteiger partial charge in [-0.2, -0.15) is 4.98 Å². The second kappa shape index (κ2) is 7.04. The Hall–Kier alpha value is -2.02. The molecule has 3 rings (SSSR count). The van der Waals surface area contributed by atoms with E-state index in [2.05, 4.69) is 43.8 Å². The molecule has 0 atom stereocenters. The third kappa shape index (κ3) is 4.25. The van der Waals surface area contributed by atoms with Gasteiger partial charge in [-0.1, -0.05) is 19.0 Å². The molecule has 23 heavy (non-hydrogen) atoms. The van der Waals surface area contributed by atoms with Crippen molar-refractivity contribution < 1.29 is 4.52 Å². The van der Waals surface area contributed by atoms with Gasteiger partial charge in [-0.3, -0.25) is 4.90 Å². The lowest BCUT2D eigenvalue weighted by molar-refractivity contribution is 0.215. The number of hydrogen-bond donors (Lipinski definition) is 0. The highest BCUT2D eigenvalue weighted by Crippen LogP contribution is 2.14. The second-order valence-corrected chi connectivity index (χ2v) is 6.43. The Morgan fingerprint density at radius 2 is 1.96 bits per heavy atom. The van der Waals surface area contributed by atoms with Gasteiger partial charge < -0.3 is 9.42 Å². The summed E-state index contributed by atoms with van der Waals surface area (Å²) in [6.07, 6.45) is 2.68. The first kappa shape index (κ1) is 15.9.